The molecule has 1 aliphatic carbocycles. The van der Waals surface area contributed by atoms with Crippen LogP contribution in [0, 0.1) is 5.92 Å². The van der Waals surface area contributed by atoms with Crippen molar-refractivity contribution in [2.24, 2.45) is 5.92 Å². The molecule has 0 amide bonds. The van der Waals surface area contributed by atoms with E-state index in [9.17, 15) is 4.79 Å². The van der Waals surface area contributed by atoms with Crippen LogP contribution in [-0.4, -0.2) is 23.2 Å². The van der Waals surface area contributed by atoms with Crippen molar-refractivity contribution in [1.82, 2.24) is 5.32 Å². The minimum atomic E-state index is -0.692. The van der Waals surface area contributed by atoms with Crippen molar-refractivity contribution >= 4 is 5.97 Å². The summed E-state index contributed by atoms with van der Waals surface area (Å²) in [7, 11) is 0. The molecule has 0 bridgehead atoms. The third-order valence-corrected chi connectivity index (χ3v) is 2.52. The van der Waals surface area contributed by atoms with Gasteiger partial charge in [0.1, 0.15) is 0 Å². The molecule has 3 heteroatoms. The number of carbonyl (C=O) groups is 1. The van der Waals surface area contributed by atoms with Crippen molar-refractivity contribution in [1.29, 1.82) is 0 Å². The Balaban J connectivity index is 2.44. The highest BCUT2D eigenvalue weighted by Gasteiger charge is 2.42. The molecule has 0 aromatic carbocycles. The summed E-state index contributed by atoms with van der Waals surface area (Å²) in [5.74, 6) is -0.00810. The van der Waals surface area contributed by atoms with E-state index in [0.29, 0.717) is 5.92 Å². The minimum absolute atomic E-state index is 0.0833. The van der Waals surface area contributed by atoms with Gasteiger partial charge in [0.25, 0.3) is 0 Å². The Morgan fingerprint density at radius 2 is 2.25 bits per heavy atom. The van der Waals surface area contributed by atoms with Gasteiger partial charge in [-0.3, -0.25) is 4.79 Å². The normalized spacial score (nSPS) is 34.3. The van der Waals surface area contributed by atoms with Gasteiger partial charge >= 0.3 is 5.97 Å². The first-order chi connectivity index (χ1) is 5.58. The summed E-state index contributed by atoms with van der Waals surface area (Å²) in [4.78, 5) is 10.5. The van der Waals surface area contributed by atoms with Gasteiger partial charge in [0.05, 0.1) is 6.42 Å². The first-order valence-electron chi connectivity index (χ1n) is 4.55. The zero-order chi connectivity index (χ0) is 9.19. The predicted molar refractivity (Wildman–Crippen MR) is 47.1 cm³/mol. The molecule has 3 nitrogen and oxygen atoms in total. The molecule has 1 saturated carbocycles. The highest BCUT2D eigenvalue weighted by atomic mass is 16.4. The molecule has 0 aromatic heterocycles. The fourth-order valence-electron chi connectivity index (χ4n) is 2.29. The second-order valence-electron chi connectivity index (χ2n) is 3.89. The second kappa shape index (κ2) is 3.44. The van der Waals surface area contributed by atoms with Crippen LogP contribution in [0.4, 0.5) is 0 Å². The van der Waals surface area contributed by atoms with E-state index in [1.807, 2.05) is 6.92 Å². The van der Waals surface area contributed by atoms with E-state index in [1.165, 1.54) is 0 Å². The summed E-state index contributed by atoms with van der Waals surface area (Å²) in [6.45, 7) is 5.05. The van der Waals surface area contributed by atoms with Crippen LogP contribution in [0.1, 0.15) is 33.1 Å². The van der Waals surface area contributed by atoms with Crippen molar-refractivity contribution in [3.63, 3.8) is 0 Å². The molecule has 1 aliphatic rings. The standard InChI is InChI=1S/C9H17NO2/c1-3-10-9(6-8(11)12)4-7(2)5-9/h7,10H,3-6H2,1-2H3,(H,11,12). The van der Waals surface area contributed by atoms with Crippen molar-refractivity contribution in [2.75, 3.05) is 6.54 Å². The molecule has 0 spiro atoms. The van der Waals surface area contributed by atoms with Gasteiger partial charge in [-0.15, -0.1) is 0 Å². The van der Waals surface area contributed by atoms with Crippen molar-refractivity contribution in [2.45, 2.75) is 38.6 Å². The SMILES string of the molecule is CCNC1(CC(=O)O)CC(C)C1. The maximum Gasteiger partial charge on any atom is 0.305 e. The lowest BCUT2D eigenvalue weighted by atomic mass is 9.67. The third-order valence-electron chi connectivity index (χ3n) is 2.52. The first kappa shape index (κ1) is 9.52. The van der Waals surface area contributed by atoms with Gasteiger partial charge in [0.2, 0.25) is 0 Å². The zero-order valence-corrected chi connectivity index (χ0v) is 7.76. The molecule has 0 aliphatic heterocycles. The molecule has 0 aromatic rings. The molecule has 70 valence electrons. The Hall–Kier alpha value is -0.570. The molecule has 1 fully saturated rings. The third kappa shape index (κ3) is 1.97. The van der Waals surface area contributed by atoms with Gasteiger partial charge in [-0.2, -0.15) is 0 Å². The quantitative estimate of drug-likeness (QED) is 0.669. The predicted octanol–water partition coefficient (Wildman–Crippen LogP) is 1.24. The molecule has 0 unspecified atom stereocenters. The van der Waals surface area contributed by atoms with E-state index in [4.69, 9.17) is 5.11 Å². The molecule has 2 N–H and O–H groups in total. The smallest absolute Gasteiger partial charge is 0.305 e. The number of hydrogen-bond donors (Lipinski definition) is 2. The second-order valence-corrected chi connectivity index (χ2v) is 3.89. The number of aliphatic carboxylic acids is 1. The Kier molecular flexibility index (Phi) is 2.73. The summed E-state index contributed by atoms with van der Waals surface area (Å²) in [6, 6.07) is 0. The molecule has 0 saturated heterocycles. The lowest BCUT2D eigenvalue weighted by molar-refractivity contribution is -0.140. The zero-order valence-electron chi connectivity index (χ0n) is 7.76. The van der Waals surface area contributed by atoms with Gasteiger partial charge in [-0.25, -0.2) is 0 Å². The number of carboxylic acids is 1. The first-order valence-corrected chi connectivity index (χ1v) is 4.55. The molecule has 0 atom stereocenters. The van der Waals surface area contributed by atoms with Crippen LogP contribution in [0.25, 0.3) is 0 Å². The highest BCUT2D eigenvalue weighted by molar-refractivity contribution is 5.68. The summed E-state index contributed by atoms with van der Waals surface area (Å²) >= 11 is 0. The fourth-order valence-corrected chi connectivity index (χ4v) is 2.29. The molecular formula is C9H17NO2. The Morgan fingerprint density at radius 1 is 1.67 bits per heavy atom. The van der Waals surface area contributed by atoms with Crippen molar-refractivity contribution < 1.29 is 9.90 Å². The molecule has 12 heavy (non-hydrogen) atoms. The topological polar surface area (TPSA) is 49.3 Å². The van der Waals surface area contributed by atoms with E-state index in [0.717, 1.165) is 19.4 Å². The van der Waals surface area contributed by atoms with E-state index < -0.39 is 5.97 Å². The van der Waals surface area contributed by atoms with Gasteiger partial charge in [-0.1, -0.05) is 13.8 Å². The fraction of sp³-hybridized carbons (Fsp3) is 0.889. The van der Waals surface area contributed by atoms with Gasteiger partial charge in [-0.05, 0) is 25.3 Å². The number of nitrogens with one attached hydrogen (secondary N) is 1. The van der Waals surface area contributed by atoms with Crippen LogP contribution >= 0.6 is 0 Å². The van der Waals surface area contributed by atoms with Crippen LogP contribution in [0.3, 0.4) is 0 Å². The number of hydrogen-bond acceptors (Lipinski definition) is 2. The van der Waals surface area contributed by atoms with Crippen LogP contribution in [0.2, 0.25) is 0 Å². The van der Waals surface area contributed by atoms with Gasteiger partial charge in [0, 0.05) is 5.54 Å². The van der Waals surface area contributed by atoms with E-state index >= 15 is 0 Å². The van der Waals surface area contributed by atoms with E-state index in [1.54, 1.807) is 0 Å². The molecular weight excluding hydrogens is 154 g/mol. The summed E-state index contributed by atoms with van der Waals surface area (Å²) in [5, 5.41) is 12.0. The molecule has 1 rings (SSSR count). The van der Waals surface area contributed by atoms with Gasteiger partial charge in [0.15, 0.2) is 0 Å². The van der Waals surface area contributed by atoms with Gasteiger partial charge < -0.3 is 10.4 Å². The monoisotopic (exact) mass is 171 g/mol. The van der Waals surface area contributed by atoms with Crippen LogP contribution in [0.15, 0.2) is 0 Å². The van der Waals surface area contributed by atoms with Crippen molar-refractivity contribution in [3.05, 3.63) is 0 Å². The number of rotatable bonds is 4. The minimum Gasteiger partial charge on any atom is -0.481 e. The summed E-state index contributed by atoms with van der Waals surface area (Å²) < 4.78 is 0. The summed E-state index contributed by atoms with van der Waals surface area (Å²) in [6.07, 6.45) is 2.28. The maximum absolute atomic E-state index is 10.5. The largest absolute Gasteiger partial charge is 0.481 e. The van der Waals surface area contributed by atoms with Crippen LogP contribution in [-0.2, 0) is 4.79 Å². The molecule has 0 heterocycles. The Bertz CT molecular complexity index is 168. The van der Waals surface area contributed by atoms with E-state index in [-0.39, 0.29) is 12.0 Å². The lowest BCUT2D eigenvalue weighted by Crippen LogP contribution is -2.55. The Labute approximate surface area is 73.2 Å². The van der Waals surface area contributed by atoms with Crippen LogP contribution in [0.5, 0.6) is 0 Å². The lowest BCUT2D eigenvalue weighted by Gasteiger charge is -2.46. The number of carboxylic acid groups (broad SMARTS) is 1. The van der Waals surface area contributed by atoms with Crippen LogP contribution < -0.4 is 5.32 Å². The molecule has 0 radical (unpaired) electrons. The highest BCUT2D eigenvalue weighted by Crippen LogP contribution is 2.39. The van der Waals surface area contributed by atoms with Crippen molar-refractivity contribution in [3.8, 4) is 0 Å². The van der Waals surface area contributed by atoms with E-state index in [2.05, 4.69) is 12.2 Å². The Morgan fingerprint density at radius 3 is 2.58 bits per heavy atom. The average molecular weight is 171 g/mol. The summed E-state index contributed by atoms with van der Waals surface area (Å²) in [5.41, 5.74) is -0.0833. The maximum atomic E-state index is 10.5. The average Bonchev–Trinajstić information content (AvgIpc) is 1.83.